The fourth-order valence-corrected chi connectivity index (χ4v) is 4.69. The molecule has 10 heteroatoms. The first-order chi connectivity index (χ1) is 20.3. The topological polar surface area (TPSA) is 132 Å². The van der Waals surface area contributed by atoms with Gasteiger partial charge >= 0.3 is 13.8 Å². The molecule has 0 aliphatic carbocycles. The number of rotatable bonds is 30. The number of carbonyl (C=O) groups excluding carboxylic acids is 1. The lowest BCUT2D eigenvalue weighted by molar-refractivity contribution is -0.154. The zero-order chi connectivity index (χ0) is 31.2. The lowest BCUT2D eigenvalue weighted by Crippen LogP contribution is -2.29. The van der Waals surface area contributed by atoms with Crippen molar-refractivity contribution in [1.29, 1.82) is 0 Å². The number of unbranched alkanes of at least 4 members (excludes halogenated alkanes) is 10. The van der Waals surface area contributed by atoms with E-state index < -0.39 is 39.2 Å². The molecule has 0 saturated carbocycles. The number of aliphatic hydroxyl groups excluding tert-OH is 2. The Bertz CT molecular complexity index is 754. The predicted molar refractivity (Wildman–Crippen MR) is 168 cm³/mol. The third kappa shape index (κ3) is 28.8. The molecule has 0 amide bonds. The summed E-state index contributed by atoms with van der Waals surface area (Å²) in [5.41, 5.74) is 0. The van der Waals surface area contributed by atoms with Gasteiger partial charge in [-0.25, -0.2) is 4.57 Å². The molecule has 0 rings (SSSR count). The molecule has 0 saturated heterocycles. The average molecular weight is 619 g/mol. The standard InChI is InChI=1S/C32H59O9P/c1-3-5-7-9-11-12-13-14-15-16-17-19-21-23-25-38-28-31(29-40-42(36,37)39-27-30(34)26-33)41-32(35)24-22-20-18-10-8-6-4-2/h5,7,11-12,14-15,30-31,33-34H,3-4,6,8-10,13,16-29H2,1-2H3,(H,36,37)/b7-5-,12-11-,15-14-. The molecule has 3 atom stereocenters. The zero-order valence-corrected chi connectivity index (χ0v) is 27.1. The van der Waals surface area contributed by atoms with E-state index in [0.29, 0.717) is 6.61 Å². The van der Waals surface area contributed by atoms with Crippen molar-refractivity contribution in [2.24, 2.45) is 0 Å². The van der Waals surface area contributed by atoms with Crippen LogP contribution in [0.4, 0.5) is 0 Å². The lowest BCUT2D eigenvalue weighted by atomic mass is 10.1. The third-order valence-corrected chi connectivity index (χ3v) is 7.29. The second kappa shape index (κ2) is 29.7. The maximum absolute atomic E-state index is 12.4. The summed E-state index contributed by atoms with van der Waals surface area (Å²) in [6, 6.07) is 0. The Morgan fingerprint density at radius 2 is 1.36 bits per heavy atom. The molecular formula is C32H59O9P. The summed E-state index contributed by atoms with van der Waals surface area (Å²) in [6.07, 6.45) is 27.0. The Kier molecular flexibility index (Phi) is 28.8. The van der Waals surface area contributed by atoms with Crippen LogP contribution in [0.25, 0.3) is 0 Å². The Balaban J connectivity index is 4.31. The molecule has 0 heterocycles. The highest BCUT2D eigenvalue weighted by molar-refractivity contribution is 7.47. The van der Waals surface area contributed by atoms with E-state index in [1.54, 1.807) is 0 Å². The van der Waals surface area contributed by atoms with E-state index in [-0.39, 0.29) is 19.6 Å². The fraction of sp³-hybridized carbons (Fsp3) is 0.781. The van der Waals surface area contributed by atoms with Crippen molar-refractivity contribution in [2.45, 2.75) is 129 Å². The van der Waals surface area contributed by atoms with Crippen molar-refractivity contribution in [1.82, 2.24) is 0 Å². The van der Waals surface area contributed by atoms with Gasteiger partial charge in [-0.2, -0.15) is 0 Å². The van der Waals surface area contributed by atoms with Crippen LogP contribution in [0, 0.1) is 0 Å². The smallest absolute Gasteiger partial charge is 0.457 e. The number of aliphatic hydroxyl groups is 2. The van der Waals surface area contributed by atoms with Crippen LogP contribution in [-0.2, 0) is 27.9 Å². The number of hydrogen-bond acceptors (Lipinski definition) is 8. The second-order valence-electron chi connectivity index (χ2n) is 10.5. The SMILES string of the molecule is CC/C=C\C/C=C\C/C=C\CCCCCCOCC(COP(=O)(O)OCC(O)CO)OC(=O)CCCCCCCCC. The van der Waals surface area contributed by atoms with Gasteiger partial charge in [-0.15, -0.1) is 0 Å². The maximum atomic E-state index is 12.4. The van der Waals surface area contributed by atoms with Gasteiger partial charge in [0, 0.05) is 13.0 Å². The molecular weight excluding hydrogens is 559 g/mol. The van der Waals surface area contributed by atoms with Crippen LogP contribution in [0.3, 0.4) is 0 Å². The van der Waals surface area contributed by atoms with Crippen LogP contribution in [0.1, 0.15) is 117 Å². The summed E-state index contributed by atoms with van der Waals surface area (Å²) in [6.45, 7) is 3.26. The molecule has 0 radical (unpaired) electrons. The van der Waals surface area contributed by atoms with Crippen LogP contribution in [0.2, 0.25) is 0 Å². The minimum Gasteiger partial charge on any atom is -0.457 e. The van der Waals surface area contributed by atoms with E-state index in [0.717, 1.165) is 77.0 Å². The molecule has 0 aliphatic heterocycles. The number of allylic oxidation sites excluding steroid dienone is 6. The quantitative estimate of drug-likeness (QED) is 0.0327. The number of esters is 1. The van der Waals surface area contributed by atoms with Gasteiger partial charge in [-0.05, 0) is 44.9 Å². The monoisotopic (exact) mass is 618 g/mol. The number of phosphoric acid groups is 1. The molecule has 0 spiro atoms. The first-order valence-corrected chi connectivity index (χ1v) is 17.5. The second-order valence-corrected chi connectivity index (χ2v) is 11.9. The minimum atomic E-state index is -4.50. The molecule has 0 aromatic rings. The Labute approximate surface area is 255 Å². The van der Waals surface area contributed by atoms with Crippen LogP contribution >= 0.6 is 7.82 Å². The minimum absolute atomic E-state index is 0.0342. The highest BCUT2D eigenvalue weighted by Crippen LogP contribution is 2.43. The highest BCUT2D eigenvalue weighted by atomic mass is 31.2. The van der Waals surface area contributed by atoms with Gasteiger partial charge in [0.25, 0.3) is 0 Å². The average Bonchev–Trinajstić information content (AvgIpc) is 2.97. The summed E-state index contributed by atoms with van der Waals surface area (Å²) in [5.74, 6) is -0.401. The van der Waals surface area contributed by atoms with E-state index in [9.17, 15) is 19.4 Å². The Morgan fingerprint density at radius 3 is 2.05 bits per heavy atom. The molecule has 3 unspecified atom stereocenters. The van der Waals surface area contributed by atoms with Gasteiger partial charge in [0.1, 0.15) is 12.2 Å². The van der Waals surface area contributed by atoms with Crippen molar-refractivity contribution in [3.8, 4) is 0 Å². The molecule has 0 bridgehead atoms. The number of carbonyl (C=O) groups is 1. The molecule has 9 nitrogen and oxygen atoms in total. The molecule has 0 aromatic carbocycles. The highest BCUT2D eigenvalue weighted by Gasteiger charge is 2.26. The summed E-state index contributed by atoms with van der Waals surface area (Å²) in [4.78, 5) is 22.2. The predicted octanol–water partition coefficient (Wildman–Crippen LogP) is 7.35. The van der Waals surface area contributed by atoms with Crippen molar-refractivity contribution in [3.63, 3.8) is 0 Å². The van der Waals surface area contributed by atoms with Crippen molar-refractivity contribution in [2.75, 3.05) is 33.0 Å². The van der Waals surface area contributed by atoms with E-state index in [4.69, 9.17) is 19.1 Å². The zero-order valence-electron chi connectivity index (χ0n) is 26.2. The van der Waals surface area contributed by atoms with Crippen molar-refractivity contribution < 1.29 is 43.0 Å². The summed E-state index contributed by atoms with van der Waals surface area (Å²) in [7, 11) is -4.50. The largest absolute Gasteiger partial charge is 0.472 e. The number of hydrogen-bond donors (Lipinski definition) is 3. The third-order valence-electron chi connectivity index (χ3n) is 6.34. The summed E-state index contributed by atoms with van der Waals surface area (Å²) in [5, 5.41) is 18.2. The van der Waals surface area contributed by atoms with Crippen molar-refractivity contribution >= 4 is 13.8 Å². The van der Waals surface area contributed by atoms with Crippen molar-refractivity contribution in [3.05, 3.63) is 36.5 Å². The van der Waals surface area contributed by atoms with E-state index in [2.05, 4.69) is 54.8 Å². The molecule has 0 fully saturated rings. The van der Waals surface area contributed by atoms with Gasteiger partial charge in [-0.3, -0.25) is 13.8 Å². The number of phosphoric ester groups is 1. The molecule has 3 N–H and O–H groups in total. The van der Waals surface area contributed by atoms with E-state index in [1.165, 1.54) is 19.3 Å². The van der Waals surface area contributed by atoms with Crippen LogP contribution in [-0.4, -0.2) is 66.3 Å². The van der Waals surface area contributed by atoms with Gasteiger partial charge in [-0.1, -0.05) is 102 Å². The van der Waals surface area contributed by atoms with Crippen LogP contribution in [0.5, 0.6) is 0 Å². The normalized spacial score (nSPS) is 15.1. The van der Waals surface area contributed by atoms with Gasteiger partial charge in [0.15, 0.2) is 0 Å². The Morgan fingerprint density at radius 1 is 0.762 bits per heavy atom. The fourth-order valence-electron chi connectivity index (χ4n) is 3.90. The van der Waals surface area contributed by atoms with E-state index in [1.807, 2.05) is 0 Å². The Hall–Kier alpha value is -1.32. The molecule has 42 heavy (non-hydrogen) atoms. The number of ether oxygens (including phenoxy) is 2. The molecule has 0 aliphatic rings. The summed E-state index contributed by atoms with van der Waals surface area (Å²) < 4.78 is 32.9. The first-order valence-electron chi connectivity index (χ1n) is 16.0. The van der Waals surface area contributed by atoms with Gasteiger partial charge in [0.05, 0.1) is 26.4 Å². The molecule has 0 aromatic heterocycles. The molecule has 246 valence electrons. The first kappa shape index (κ1) is 40.7. The summed E-state index contributed by atoms with van der Waals surface area (Å²) >= 11 is 0. The van der Waals surface area contributed by atoms with Gasteiger partial charge in [0.2, 0.25) is 0 Å². The maximum Gasteiger partial charge on any atom is 0.472 e. The van der Waals surface area contributed by atoms with Crippen LogP contribution in [0.15, 0.2) is 36.5 Å². The van der Waals surface area contributed by atoms with Crippen LogP contribution < -0.4 is 0 Å². The van der Waals surface area contributed by atoms with Gasteiger partial charge < -0.3 is 24.6 Å². The van der Waals surface area contributed by atoms with E-state index >= 15 is 0 Å². The lowest BCUT2D eigenvalue weighted by Gasteiger charge is -2.20.